The summed E-state index contributed by atoms with van der Waals surface area (Å²) in [5.74, 6) is -0.219. The number of halogens is 1. The minimum Gasteiger partial charge on any atom is -0.456 e. The van der Waals surface area contributed by atoms with Gasteiger partial charge in [-0.3, -0.25) is 0 Å². The van der Waals surface area contributed by atoms with Crippen molar-refractivity contribution in [2.45, 2.75) is 0 Å². The van der Waals surface area contributed by atoms with Gasteiger partial charge in [0.15, 0.2) is 0 Å². The zero-order valence-corrected chi connectivity index (χ0v) is 19.4. The van der Waals surface area contributed by atoms with Crippen LogP contribution in [-0.2, 0) is 0 Å². The second-order valence-electron chi connectivity index (χ2n) is 9.17. The van der Waals surface area contributed by atoms with Gasteiger partial charge in [0.05, 0.1) is 0 Å². The molecule has 1 heterocycles. The molecule has 0 spiro atoms. The van der Waals surface area contributed by atoms with E-state index in [2.05, 4.69) is 84.9 Å². The first-order valence-electron chi connectivity index (χ1n) is 12.0. The Morgan fingerprint density at radius 1 is 0.389 bits per heavy atom. The molecule has 7 rings (SSSR count). The van der Waals surface area contributed by atoms with E-state index in [0.717, 1.165) is 38.5 Å². The topological polar surface area (TPSA) is 13.1 Å². The Balaban J connectivity index is 1.23. The molecule has 0 radical (unpaired) electrons. The summed E-state index contributed by atoms with van der Waals surface area (Å²) in [7, 11) is 0. The average molecular weight is 465 g/mol. The fourth-order valence-corrected chi connectivity index (χ4v) is 5.01. The summed E-state index contributed by atoms with van der Waals surface area (Å²) in [5, 5.41) is 4.62. The maximum Gasteiger partial charge on any atom is 0.135 e. The second-order valence-corrected chi connectivity index (χ2v) is 9.17. The molecule has 0 unspecified atom stereocenters. The molecule has 170 valence electrons. The molecule has 0 saturated heterocycles. The lowest BCUT2D eigenvalue weighted by Gasteiger charge is -2.08. The summed E-state index contributed by atoms with van der Waals surface area (Å²) in [5.41, 5.74) is 8.59. The van der Waals surface area contributed by atoms with Gasteiger partial charge in [0.1, 0.15) is 17.0 Å². The van der Waals surface area contributed by atoms with Crippen LogP contribution >= 0.6 is 0 Å². The Hall–Kier alpha value is -4.69. The fraction of sp³-hybridized carbons (Fsp3) is 0. The number of para-hydroxylation sites is 1. The third-order valence-electron chi connectivity index (χ3n) is 6.95. The summed E-state index contributed by atoms with van der Waals surface area (Å²) in [4.78, 5) is 0. The molecule has 0 atom stereocenters. The van der Waals surface area contributed by atoms with Gasteiger partial charge in [-0.25, -0.2) is 4.39 Å². The van der Waals surface area contributed by atoms with Gasteiger partial charge in [-0.1, -0.05) is 84.9 Å². The summed E-state index contributed by atoms with van der Waals surface area (Å²) in [6, 6.07) is 42.8. The summed E-state index contributed by atoms with van der Waals surface area (Å²) >= 11 is 0. The van der Waals surface area contributed by atoms with E-state index in [4.69, 9.17) is 4.42 Å². The SMILES string of the molecule is Fc1ccc(-c2ccc3ccc(-c4ccc(-c5ccc6oc7ccccc7c6c5)cc4)cc3c2)cc1. The van der Waals surface area contributed by atoms with E-state index in [0.29, 0.717) is 0 Å². The van der Waals surface area contributed by atoms with Crippen molar-refractivity contribution in [1.82, 2.24) is 0 Å². The van der Waals surface area contributed by atoms with Gasteiger partial charge in [-0.05, 0) is 86.6 Å². The number of hydrogen-bond acceptors (Lipinski definition) is 1. The molecule has 0 bridgehead atoms. The van der Waals surface area contributed by atoms with Crippen LogP contribution in [0.1, 0.15) is 0 Å². The predicted molar refractivity (Wildman–Crippen MR) is 147 cm³/mol. The van der Waals surface area contributed by atoms with Gasteiger partial charge in [0.2, 0.25) is 0 Å². The number of rotatable bonds is 3. The van der Waals surface area contributed by atoms with Crippen molar-refractivity contribution in [2.75, 3.05) is 0 Å². The number of furan rings is 1. The van der Waals surface area contributed by atoms with Gasteiger partial charge in [-0.15, -0.1) is 0 Å². The molecule has 7 aromatic rings. The Labute approximate surface area is 208 Å². The van der Waals surface area contributed by atoms with Crippen molar-refractivity contribution >= 4 is 32.7 Å². The van der Waals surface area contributed by atoms with Crippen LogP contribution < -0.4 is 0 Å². The molecule has 1 nitrogen and oxygen atoms in total. The van der Waals surface area contributed by atoms with Gasteiger partial charge in [0.25, 0.3) is 0 Å². The van der Waals surface area contributed by atoms with Gasteiger partial charge in [-0.2, -0.15) is 0 Å². The maximum atomic E-state index is 13.3. The Kier molecular flexibility index (Phi) is 4.71. The van der Waals surface area contributed by atoms with E-state index >= 15 is 0 Å². The van der Waals surface area contributed by atoms with Crippen molar-refractivity contribution < 1.29 is 8.81 Å². The molecule has 0 amide bonds. The maximum absolute atomic E-state index is 13.3. The van der Waals surface area contributed by atoms with Crippen LogP contribution in [0.3, 0.4) is 0 Å². The second kappa shape index (κ2) is 8.21. The van der Waals surface area contributed by atoms with Crippen LogP contribution in [0.25, 0.3) is 66.1 Å². The monoisotopic (exact) mass is 464 g/mol. The van der Waals surface area contributed by atoms with Gasteiger partial charge >= 0.3 is 0 Å². The van der Waals surface area contributed by atoms with E-state index < -0.39 is 0 Å². The third-order valence-corrected chi connectivity index (χ3v) is 6.95. The smallest absolute Gasteiger partial charge is 0.135 e. The molecule has 0 N–H and O–H groups in total. The standard InChI is InChI=1S/C34H21FO/c35-30-16-13-24(14-17-30)27-12-10-25-9-11-26(19-29(25)20-27)22-5-7-23(8-6-22)28-15-18-34-32(21-28)31-3-1-2-4-33(31)36-34/h1-21H. The third kappa shape index (κ3) is 3.55. The summed E-state index contributed by atoms with van der Waals surface area (Å²) in [6.07, 6.45) is 0. The highest BCUT2D eigenvalue weighted by Gasteiger charge is 2.09. The number of benzene rings is 6. The normalized spacial score (nSPS) is 11.5. The van der Waals surface area contributed by atoms with Crippen LogP contribution in [-0.4, -0.2) is 0 Å². The molecule has 2 heteroatoms. The van der Waals surface area contributed by atoms with Crippen molar-refractivity contribution in [3.05, 3.63) is 133 Å². The molecule has 0 aliphatic heterocycles. The van der Waals surface area contributed by atoms with E-state index in [-0.39, 0.29) is 5.82 Å². The number of fused-ring (bicyclic) bond motifs is 4. The number of hydrogen-bond donors (Lipinski definition) is 0. The average Bonchev–Trinajstić information content (AvgIpc) is 3.31. The lowest BCUT2D eigenvalue weighted by Crippen LogP contribution is -1.83. The van der Waals surface area contributed by atoms with Crippen LogP contribution in [0.2, 0.25) is 0 Å². The van der Waals surface area contributed by atoms with E-state index in [1.807, 2.05) is 30.3 Å². The molecular formula is C34H21FO. The summed E-state index contributed by atoms with van der Waals surface area (Å²) < 4.78 is 19.3. The lowest BCUT2D eigenvalue weighted by molar-refractivity contribution is 0.628. The lowest BCUT2D eigenvalue weighted by atomic mass is 9.96. The summed E-state index contributed by atoms with van der Waals surface area (Å²) in [6.45, 7) is 0. The van der Waals surface area contributed by atoms with Crippen molar-refractivity contribution in [3.8, 4) is 33.4 Å². The van der Waals surface area contributed by atoms with E-state index in [1.54, 1.807) is 0 Å². The largest absolute Gasteiger partial charge is 0.456 e. The molecule has 36 heavy (non-hydrogen) atoms. The predicted octanol–water partition coefficient (Wildman–Crippen LogP) is 9.88. The molecule has 0 aliphatic rings. The fourth-order valence-electron chi connectivity index (χ4n) is 5.01. The van der Waals surface area contributed by atoms with Crippen LogP contribution in [0.15, 0.2) is 132 Å². The Morgan fingerprint density at radius 3 is 1.56 bits per heavy atom. The highest BCUT2D eigenvalue weighted by molar-refractivity contribution is 6.06. The molecule has 0 fully saturated rings. The highest BCUT2D eigenvalue weighted by atomic mass is 19.1. The van der Waals surface area contributed by atoms with Crippen LogP contribution in [0.5, 0.6) is 0 Å². The first-order valence-corrected chi connectivity index (χ1v) is 12.0. The van der Waals surface area contributed by atoms with Crippen molar-refractivity contribution in [3.63, 3.8) is 0 Å². The van der Waals surface area contributed by atoms with Gasteiger partial charge in [0, 0.05) is 10.8 Å². The molecule has 0 aliphatic carbocycles. The Bertz CT molecular complexity index is 1880. The molecule has 0 saturated carbocycles. The molecule has 1 aromatic heterocycles. The highest BCUT2D eigenvalue weighted by Crippen LogP contribution is 2.34. The minimum absolute atomic E-state index is 0.219. The minimum atomic E-state index is -0.219. The first kappa shape index (κ1) is 20.7. The van der Waals surface area contributed by atoms with Crippen LogP contribution in [0, 0.1) is 5.82 Å². The molecular weight excluding hydrogens is 443 g/mol. The van der Waals surface area contributed by atoms with E-state index in [1.165, 1.54) is 39.8 Å². The van der Waals surface area contributed by atoms with Crippen molar-refractivity contribution in [2.24, 2.45) is 0 Å². The van der Waals surface area contributed by atoms with Crippen molar-refractivity contribution in [1.29, 1.82) is 0 Å². The van der Waals surface area contributed by atoms with Crippen LogP contribution in [0.4, 0.5) is 4.39 Å². The zero-order chi connectivity index (χ0) is 24.1. The van der Waals surface area contributed by atoms with Gasteiger partial charge < -0.3 is 4.42 Å². The molecule has 6 aromatic carbocycles. The van der Waals surface area contributed by atoms with E-state index in [9.17, 15) is 4.39 Å². The Morgan fingerprint density at radius 2 is 0.889 bits per heavy atom. The first-order chi connectivity index (χ1) is 17.7. The quantitative estimate of drug-likeness (QED) is 0.254. The zero-order valence-electron chi connectivity index (χ0n) is 19.4.